The highest BCUT2D eigenvalue weighted by molar-refractivity contribution is 5.95. The van der Waals surface area contributed by atoms with Crippen LogP contribution in [0.15, 0.2) is 0 Å². The lowest BCUT2D eigenvalue weighted by molar-refractivity contribution is -0.143. The Hall–Kier alpha value is -2.61. The van der Waals surface area contributed by atoms with Crippen molar-refractivity contribution in [1.82, 2.24) is 20.9 Å². The zero-order valence-corrected chi connectivity index (χ0v) is 22.0. The van der Waals surface area contributed by atoms with Gasteiger partial charge in [-0.2, -0.15) is 0 Å². The van der Waals surface area contributed by atoms with Crippen molar-refractivity contribution in [2.45, 2.75) is 95.6 Å². The summed E-state index contributed by atoms with van der Waals surface area (Å²) in [5.74, 6) is -2.39. The predicted molar refractivity (Wildman–Crippen MR) is 136 cm³/mol. The van der Waals surface area contributed by atoms with Gasteiger partial charge >= 0.3 is 0 Å². The van der Waals surface area contributed by atoms with Gasteiger partial charge in [0.2, 0.25) is 23.6 Å². The van der Waals surface area contributed by atoms with Crippen LogP contribution < -0.4 is 27.4 Å². The number of amides is 4. The maximum Gasteiger partial charge on any atom is 0.248 e. The Bertz CT molecular complexity index is 779. The molecule has 1 rings (SSSR count). The summed E-state index contributed by atoms with van der Waals surface area (Å²) in [6.45, 7) is 5.10. The van der Waals surface area contributed by atoms with Crippen molar-refractivity contribution < 1.29 is 34.2 Å². The molecule has 4 amide bonds. The van der Waals surface area contributed by atoms with E-state index in [1.165, 1.54) is 11.8 Å². The van der Waals surface area contributed by atoms with E-state index in [0.29, 0.717) is 44.9 Å². The molecule has 0 radical (unpaired) electrons. The van der Waals surface area contributed by atoms with Crippen LogP contribution in [-0.4, -0.2) is 101 Å². The standard InChI is InChI=1S/C24H44N6O7/c1-14(2)11-16(12-31)27-22(35)19-8-6-10-30(19)24(37)18(13-32)29-21(34)17(7-4-5-9-25)28-23(36)20(26)15(3)33/h12,14-20,32-33H,4-11,13,25-26H2,1-3H3,(H,27,35)(H,28,36)(H,29,34)/t15-,16+,17+,18+,19+,20+/m1/s1. The summed E-state index contributed by atoms with van der Waals surface area (Å²) in [6.07, 6.45) is 2.20. The lowest BCUT2D eigenvalue weighted by Crippen LogP contribution is -2.59. The summed E-state index contributed by atoms with van der Waals surface area (Å²) >= 11 is 0. The van der Waals surface area contributed by atoms with Crippen LogP contribution in [0.25, 0.3) is 0 Å². The Morgan fingerprint density at radius 1 is 1.05 bits per heavy atom. The largest absolute Gasteiger partial charge is 0.394 e. The molecule has 1 aliphatic heterocycles. The van der Waals surface area contributed by atoms with Crippen molar-refractivity contribution in [3.8, 4) is 0 Å². The van der Waals surface area contributed by atoms with Crippen LogP contribution in [0.1, 0.15) is 59.3 Å². The van der Waals surface area contributed by atoms with Gasteiger partial charge in [-0.1, -0.05) is 13.8 Å². The minimum absolute atomic E-state index is 0.180. The Labute approximate surface area is 218 Å². The van der Waals surface area contributed by atoms with Crippen molar-refractivity contribution in [3.05, 3.63) is 0 Å². The Kier molecular flexibility index (Phi) is 14.3. The Morgan fingerprint density at radius 3 is 2.24 bits per heavy atom. The molecule has 0 unspecified atom stereocenters. The van der Waals surface area contributed by atoms with Crippen LogP contribution in [0, 0.1) is 5.92 Å². The van der Waals surface area contributed by atoms with Crippen LogP contribution in [0.3, 0.4) is 0 Å². The normalized spacial score (nSPS) is 19.5. The Morgan fingerprint density at radius 2 is 1.70 bits per heavy atom. The van der Waals surface area contributed by atoms with E-state index >= 15 is 0 Å². The third-order valence-corrected chi connectivity index (χ3v) is 6.26. The number of aliphatic hydroxyl groups is 2. The van der Waals surface area contributed by atoms with Crippen molar-refractivity contribution in [2.24, 2.45) is 17.4 Å². The number of carbonyl (C=O) groups excluding carboxylic acids is 5. The van der Waals surface area contributed by atoms with Gasteiger partial charge in [-0.3, -0.25) is 19.2 Å². The lowest BCUT2D eigenvalue weighted by atomic mass is 10.0. The highest BCUT2D eigenvalue weighted by atomic mass is 16.3. The second-order valence-corrected chi connectivity index (χ2v) is 9.93. The molecule has 0 aromatic heterocycles. The van der Waals surface area contributed by atoms with Crippen molar-refractivity contribution in [1.29, 1.82) is 0 Å². The number of likely N-dealkylation sites (tertiary alicyclic amines) is 1. The zero-order valence-electron chi connectivity index (χ0n) is 22.0. The van der Waals surface area contributed by atoms with Gasteiger partial charge in [0, 0.05) is 6.54 Å². The first-order chi connectivity index (χ1) is 17.5. The van der Waals surface area contributed by atoms with E-state index in [1.54, 1.807) is 0 Å². The Balaban J connectivity index is 2.93. The number of nitrogens with one attached hydrogen (secondary N) is 3. The van der Waals surface area contributed by atoms with Gasteiger partial charge in [0.25, 0.3) is 0 Å². The molecule has 0 bridgehead atoms. The van der Waals surface area contributed by atoms with Gasteiger partial charge in [0.15, 0.2) is 0 Å². The molecule has 0 saturated carbocycles. The molecule has 0 aromatic rings. The predicted octanol–water partition coefficient (Wildman–Crippen LogP) is -2.49. The summed E-state index contributed by atoms with van der Waals surface area (Å²) in [5.41, 5.74) is 11.2. The number of nitrogens with two attached hydrogens (primary N) is 2. The van der Waals surface area contributed by atoms with E-state index in [0.717, 1.165) is 0 Å². The maximum absolute atomic E-state index is 13.2. The molecule has 37 heavy (non-hydrogen) atoms. The molecule has 13 heteroatoms. The molecule has 13 nitrogen and oxygen atoms in total. The summed E-state index contributed by atoms with van der Waals surface area (Å²) in [5, 5.41) is 27.1. The summed E-state index contributed by atoms with van der Waals surface area (Å²) in [6, 6.07) is -5.19. The van der Waals surface area contributed by atoms with Gasteiger partial charge in [0.1, 0.15) is 30.5 Å². The molecule has 1 fully saturated rings. The highest BCUT2D eigenvalue weighted by Crippen LogP contribution is 2.19. The molecule has 0 aromatic carbocycles. The molecule has 6 atom stereocenters. The molecule has 0 spiro atoms. The summed E-state index contributed by atoms with van der Waals surface area (Å²) in [4.78, 5) is 64.0. The van der Waals surface area contributed by atoms with Crippen molar-refractivity contribution >= 4 is 29.9 Å². The van der Waals surface area contributed by atoms with Crippen LogP contribution in [0.5, 0.6) is 0 Å². The van der Waals surface area contributed by atoms with Crippen LogP contribution in [0.2, 0.25) is 0 Å². The maximum atomic E-state index is 13.2. The number of aldehydes is 1. The summed E-state index contributed by atoms with van der Waals surface area (Å²) < 4.78 is 0. The van der Waals surface area contributed by atoms with E-state index in [4.69, 9.17) is 11.5 Å². The zero-order chi connectivity index (χ0) is 28.1. The van der Waals surface area contributed by atoms with E-state index in [-0.39, 0.29) is 18.9 Å². The molecule has 1 saturated heterocycles. The van der Waals surface area contributed by atoms with Gasteiger partial charge in [0.05, 0.1) is 18.8 Å². The molecule has 9 N–H and O–H groups in total. The number of hydrogen-bond acceptors (Lipinski definition) is 9. The molecule has 1 aliphatic rings. The molecule has 212 valence electrons. The fourth-order valence-corrected chi connectivity index (χ4v) is 4.14. The average Bonchev–Trinajstić information content (AvgIpc) is 3.35. The van der Waals surface area contributed by atoms with E-state index in [9.17, 15) is 34.2 Å². The second kappa shape index (κ2) is 16.3. The molecular formula is C24H44N6O7. The molecule has 1 heterocycles. The summed E-state index contributed by atoms with van der Waals surface area (Å²) in [7, 11) is 0. The van der Waals surface area contributed by atoms with Crippen LogP contribution in [0.4, 0.5) is 0 Å². The van der Waals surface area contributed by atoms with E-state index in [1.807, 2.05) is 13.8 Å². The van der Waals surface area contributed by atoms with Crippen molar-refractivity contribution in [3.63, 3.8) is 0 Å². The van der Waals surface area contributed by atoms with Crippen LogP contribution in [-0.2, 0) is 24.0 Å². The van der Waals surface area contributed by atoms with Gasteiger partial charge in [-0.15, -0.1) is 0 Å². The van der Waals surface area contributed by atoms with E-state index in [2.05, 4.69) is 16.0 Å². The highest BCUT2D eigenvalue weighted by Gasteiger charge is 2.39. The average molecular weight is 529 g/mol. The first-order valence-electron chi connectivity index (χ1n) is 12.9. The third kappa shape index (κ3) is 10.3. The smallest absolute Gasteiger partial charge is 0.248 e. The van der Waals surface area contributed by atoms with Crippen LogP contribution >= 0.6 is 0 Å². The lowest BCUT2D eigenvalue weighted by Gasteiger charge is -2.30. The fraction of sp³-hybridized carbons (Fsp3) is 0.792. The number of nitrogens with zero attached hydrogens (tertiary/aromatic N) is 1. The van der Waals surface area contributed by atoms with Gasteiger partial charge < -0.3 is 47.3 Å². The first kappa shape index (κ1) is 32.4. The monoisotopic (exact) mass is 528 g/mol. The number of rotatable bonds is 16. The van der Waals surface area contributed by atoms with Gasteiger partial charge in [-0.25, -0.2) is 0 Å². The first-order valence-corrected chi connectivity index (χ1v) is 12.9. The topological polar surface area (TPSA) is 217 Å². The second-order valence-electron chi connectivity index (χ2n) is 9.93. The van der Waals surface area contributed by atoms with Gasteiger partial charge in [-0.05, 0) is 57.9 Å². The van der Waals surface area contributed by atoms with E-state index < -0.39 is 66.5 Å². The third-order valence-electron chi connectivity index (χ3n) is 6.26. The fourth-order valence-electron chi connectivity index (χ4n) is 4.14. The number of hydrogen-bond donors (Lipinski definition) is 7. The number of aliphatic hydroxyl groups excluding tert-OH is 2. The number of unbranched alkanes of at least 4 members (excludes halogenated alkanes) is 1. The molecule has 0 aliphatic carbocycles. The van der Waals surface area contributed by atoms with Crippen molar-refractivity contribution in [2.75, 3.05) is 19.7 Å². The minimum Gasteiger partial charge on any atom is -0.394 e. The quantitative estimate of drug-likeness (QED) is 0.0831. The minimum atomic E-state index is -1.35. The SMILES string of the molecule is CC(C)C[C@@H](C=O)NC(=O)[C@@H]1CCCN1C(=O)[C@H](CO)NC(=O)[C@H](CCCCN)NC(=O)[C@@H](N)[C@@H](C)O. The molecular weight excluding hydrogens is 484 g/mol. The number of carbonyl (C=O) groups is 5.